The van der Waals surface area contributed by atoms with Gasteiger partial charge in [-0.15, -0.1) is 0 Å². The summed E-state index contributed by atoms with van der Waals surface area (Å²) in [6.45, 7) is 5.65. The molecule has 1 saturated carbocycles. The number of sulfone groups is 1. The van der Waals surface area contributed by atoms with Crippen molar-refractivity contribution in [3.63, 3.8) is 0 Å². The van der Waals surface area contributed by atoms with E-state index in [2.05, 4.69) is 0 Å². The van der Waals surface area contributed by atoms with Crippen LogP contribution in [0.3, 0.4) is 0 Å². The molecule has 1 aliphatic carbocycles. The predicted octanol–water partition coefficient (Wildman–Crippen LogP) is 2.83. The van der Waals surface area contributed by atoms with Gasteiger partial charge < -0.3 is 10.5 Å². The van der Waals surface area contributed by atoms with E-state index in [0.717, 1.165) is 18.4 Å². The molecule has 0 radical (unpaired) electrons. The number of primary amides is 1. The van der Waals surface area contributed by atoms with Gasteiger partial charge >= 0.3 is 0 Å². The van der Waals surface area contributed by atoms with Crippen molar-refractivity contribution in [2.24, 2.45) is 11.7 Å². The maximum Gasteiger partial charge on any atom is 0.249 e. The second-order valence-electron chi connectivity index (χ2n) is 8.08. The number of rotatable bonds is 6. The number of carbonyl (C=O) groups is 1. The zero-order chi connectivity index (χ0) is 18.7. The van der Waals surface area contributed by atoms with Crippen molar-refractivity contribution >= 4 is 15.7 Å². The van der Waals surface area contributed by atoms with Crippen LogP contribution in [-0.4, -0.2) is 31.3 Å². The maximum absolute atomic E-state index is 12.6. The smallest absolute Gasteiger partial charge is 0.249 e. The van der Waals surface area contributed by atoms with Crippen LogP contribution in [0, 0.1) is 5.92 Å². The van der Waals surface area contributed by atoms with E-state index in [0.29, 0.717) is 12.8 Å². The Kier molecular flexibility index (Phi) is 5.94. The number of hydrogen-bond donors (Lipinski definition) is 1. The van der Waals surface area contributed by atoms with E-state index in [-0.39, 0.29) is 17.4 Å². The molecule has 1 amide bonds. The van der Waals surface area contributed by atoms with Crippen molar-refractivity contribution < 1.29 is 17.9 Å². The molecule has 0 saturated heterocycles. The fourth-order valence-corrected chi connectivity index (χ4v) is 5.51. The third kappa shape index (κ3) is 5.82. The summed E-state index contributed by atoms with van der Waals surface area (Å²) in [5.74, 6) is -0.525. The highest BCUT2D eigenvalue weighted by Gasteiger charge is 2.45. The zero-order valence-corrected chi connectivity index (χ0v) is 16.1. The van der Waals surface area contributed by atoms with E-state index >= 15 is 0 Å². The third-order valence-corrected chi connectivity index (χ3v) is 6.23. The van der Waals surface area contributed by atoms with Crippen LogP contribution in [0.5, 0.6) is 0 Å². The van der Waals surface area contributed by atoms with Crippen LogP contribution >= 0.6 is 0 Å². The molecule has 140 valence electrons. The molecule has 2 unspecified atom stereocenters. The summed E-state index contributed by atoms with van der Waals surface area (Å²) in [6, 6.07) is 9.16. The Hall–Kier alpha value is -1.40. The van der Waals surface area contributed by atoms with Crippen LogP contribution < -0.4 is 5.73 Å². The number of benzene rings is 1. The van der Waals surface area contributed by atoms with Gasteiger partial charge in [0.2, 0.25) is 5.91 Å². The lowest BCUT2D eigenvalue weighted by molar-refractivity contribution is -0.175. The topological polar surface area (TPSA) is 86.5 Å². The average molecular weight is 368 g/mol. The first-order valence-electron chi connectivity index (χ1n) is 8.76. The summed E-state index contributed by atoms with van der Waals surface area (Å²) >= 11 is 0. The molecule has 2 rings (SSSR count). The Bertz CT molecular complexity index is 694. The molecule has 1 aromatic carbocycles. The minimum atomic E-state index is -3.26. The van der Waals surface area contributed by atoms with E-state index in [1.807, 2.05) is 51.1 Å². The van der Waals surface area contributed by atoms with Crippen molar-refractivity contribution in [2.75, 3.05) is 5.75 Å². The van der Waals surface area contributed by atoms with Gasteiger partial charge in [-0.3, -0.25) is 4.79 Å². The minimum absolute atomic E-state index is 0.0219. The Morgan fingerprint density at radius 3 is 2.48 bits per heavy atom. The average Bonchev–Trinajstić information content (AvgIpc) is 2.45. The lowest BCUT2D eigenvalue weighted by Crippen LogP contribution is -2.53. The van der Waals surface area contributed by atoms with E-state index in [1.54, 1.807) is 0 Å². The van der Waals surface area contributed by atoms with Gasteiger partial charge in [-0.1, -0.05) is 30.3 Å². The molecule has 0 heterocycles. The maximum atomic E-state index is 12.6. The molecule has 2 N–H and O–H groups in total. The molecule has 1 aliphatic rings. The number of amides is 1. The van der Waals surface area contributed by atoms with E-state index in [1.165, 1.54) is 0 Å². The highest BCUT2D eigenvalue weighted by Crippen LogP contribution is 2.38. The van der Waals surface area contributed by atoms with Gasteiger partial charge in [-0.25, -0.2) is 8.42 Å². The van der Waals surface area contributed by atoms with E-state index in [9.17, 15) is 13.2 Å². The normalized spacial score (nSPS) is 24.8. The standard InChI is InChI=1S/C19H29NO4S/c1-18(2,3)24-19(17(20)21)11-7-10-16(12-19)14-25(22,23)13-15-8-5-4-6-9-15/h4-6,8-9,16H,7,10-14H2,1-3H3,(H2,20,21). The minimum Gasteiger partial charge on any atom is -0.367 e. The largest absolute Gasteiger partial charge is 0.367 e. The fourth-order valence-electron chi connectivity index (χ4n) is 3.69. The van der Waals surface area contributed by atoms with Crippen molar-refractivity contribution in [3.8, 4) is 0 Å². The summed E-state index contributed by atoms with van der Waals surface area (Å²) in [6.07, 6.45) is 2.43. The molecule has 0 bridgehead atoms. The van der Waals surface area contributed by atoms with Gasteiger partial charge in [0.1, 0.15) is 5.60 Å². The van der Waals surface area contributed by atoms with Crippen molar-refractivity contribution in [2.45, 2.75) is 63.4 Å². The van der Waals surface area contributed by atoms with Crippen LogP contribution in [0.2, 0.25) is 0 Å². The molecule has 0 aliphatic heterocycles. The summed E-state index contributed by atoms with van der Waals surface area (Å²) in [5, 5.41) is 0. The Labute approximate surface area is 150 Å². The van der Waals surface area contributed by atoms with Crippen LogP contribution in [0.25, 0.3) is 0 Å². The number of carbonyl (C=O) groups excluding carboxylic acids is 1. The molecular weight excluding hydrogens is 338 g/mol. The SMILES string of the molecule is CC(C)(C)OC1(C(N)=O)CCCC(CS(=O)(=O)Cc2ccccc2)C1. The lowest BCUT2D eigenvalue weighted by Gasteiger charge is -2.42. The van der Waals surface area contributed by atoms with Crippen LogP contribution in [0.15, 0.2) is 30.3 Å². The molecule has 5 nitrogen and oxygen atoms in total. The highest BCUT2D eigenvalue weighted by atomic mass is 32.2. The fraction of sp³-hybridized carbons (Fsp3) is 0.632. The number of nitrogens with two attached hydrogens (primary N) is 1. The van der Waals surface area contributed by atoms with Crippen LogP contribution in [-0.2, 0) is 25.1 Å². The highest BCUT2D eigenvalue weighted by molar-refractivity contribution is 7.90. The summed E-state index contributed by atoms with van der Waals surface area (Å²) in [7, 11) is -3.26. The first-order chi connectivity index (χ1) is 11.5. The first kappa shape index (κ1) is 19.9. The lowest BCUT2D eigenvalue weighted by atomic mass is 9.77. The number of ether oxygens (including phenoxy) is 1. The van der Waals surface area contributed by atoms with Crippen molar-refractivity contribution in [1.29, 1.82) is 0 Å². The molecule has 6 heteroatoms. The molecule has 1 aromatic rings. The molecule has 25 heavy (non-hydrogen) atoms. The first-order valence-corrected chi connectivity index (χ1v) is 10.6. The van der Waals surface area contributed by atoms with Crippen molar-refractivity contribution in [1.82, 2.24) is 0 Å². The van der Waals surface area contributed by atoms with Gasteiger partial charge in [-0.2, -0.15) is 0 Å². The molecular formula is C19H29NO4S. The van der Waals surface area contributed by atoms with E-state index < -0.39 is 26.9 Å². The Balaban J connectivity index is 2.10. The van der Waals surface area contributed by atoms with Crippen LogP contribution in [0.1, 0.15) is 52.0 Å². The summed E-state index contributed by atoms with van der Waals surface area (Å²) < 4.78 is 31.2. The summed E-state index contributed by atoms with van der Waals surface area (Å²) in [4.78, 5) is 12.1. The zero-order valence-electron chi connectivity index (χ0n) is 15.3. The van der Waals surface area contributed by atoms with Gasteiger partial charge in [-0.05, 0) is 57.9 Å². The van der Waals surface area contributed by atoms with Gasteiger partial charge in [0.25, 0.3) is 0 Å². The number of hydrogen-bond acceptors (Lipinski definition) is 4. The molecule has 2 atom stereocenters. The van der Waals surface area contributed by atoms with Gasteiger partial charge in [0, 0.05) is 0 Å². The second-order valence-corrected chi connectivity index (χ2v) is 10.2. The van der Waals surface area contributed by atoms with Gasteiger partial charge in [0.15, 0.2) is 9.84 Å². The summed E-state index contributed by atoms with van der Waals surface area (Å²) in [5.41, 5.74) is 4.85. The second kappa shape index (κ2) is 7.46. The Morgan fingerprint density at radius 2 is 1.92 bits per heavy atom. The van der Waals surface area contributed by atoms with Gasteiger partial charge in [0.05, 0.1) is 17.1 Å². The molecule has 0 aromatic heterocycles. The molecule has 1 fully saturated rings. The quantitative estimate of drug-likeness (QED) is 0.837. The Morgan fingerprint density at radius 1 is 1.28 bits per heavy atom. The predicted molar refractivity (Wildman–Crippen MR) is 98.7 cm³/mol. The third-order valence-electron chi connectivity index (χ3n) is 4.48. The molecule has 0 spiro atoms. The van der Waals surface area contributed by atoms with Crippen molar-refractivity contribution in [3.05, 3.63) is 35.9 Å². The monoisotopic (exact) mass is 367 g/mol. The van der Waals surface area contributed by atoms with Crippen LogP contribution in [0.4, 0.5) is 0 Å². The van der Waals surface area contributed by atoms with E-state index in [4.69, 9.17) is 10.5 Å².